The number of carbonyl (C=O) groups is 1. The van der Waals surface area contributed by atoms with Crippen molar-refractivity contribution in [1.29, 1.82) is 0 Å². The molecule has 1 N–H and O–H groups in total. The Morgan fingerprint density at radius 2 is 1.79 bits per heavy atom. The van der Waals surface area contributed by atoms with E-state index >= 15 is 0 Å². The molecule has 2 aromatic carbocycles. The van der Waals surface area contributed by atoms with Crippen LogP contribution in [0.25, 0.3) is 11.0 Å². The van der Waals surface area contributed by atoms with Crippen molar-refractivity contribution in [1.82, 2.24) is 0 Å². The normalized spacial score (nSPS) is 11.2. The van der Waals surface area contributed by atoms with Gasteiger partial charge in [-0.3, -0.25) is 4.79 Å². The highest BCUT2D eigenvalue weighted by Gasteiger charge is 2.08. The molecule has 1 aromatic heterocycles. The van der Waals surface area contributed by atoms with Crippen LogP contribution in [0.15, 0.2) is 61.9 Å². The summed E-state index contributed by atoms with van der Waals surface area (Å²) in [5.41, 5.74) is 1.95. The minimum Gasteiger partial charge on any atom is -0.505 e. The number of aromatic hydroxyl groups is 1. The van der Waals surface area contributed by atoms with Crippen molar-refractivity contribution in [3.05, 3.63) is 64.0 Å². The van der Waals surface area contributed by atoms with Crippen LogP contribution in [0.2, 0.25) is 0 Å². The predicted octanol–water partition coefficient (Wildman–Crippen LogP) is 4.43. The largest absolute Gasteiger partial charge is 0.505 e. The lowest BCUT2D eigenvalue weighted by Crippen LogP contribution is -1.97. The zero-order chi connectivity index (χ0) is 17.3. The lowest BCUT2D eigenvalue weighted by atomic mass is 10.1. The molecule has 3 aromatic rings. The second-order valence-electron chi connectivity index (χ2n) is 5.39. The van der Waals surface area contributed by atoms with Crippen LogP contribution in [0.5, 0.6) is 5.75 Å². The van der Waals surface area contributed by atoms with Gasteiger partial charge in [0.2, 0.25) is 0 Å². The number of hydrogen-bond acceptors (Lipinski definition) is 6. The highest BCUT2D eigenvalue weighted by molar-refractivity contribution is 5.94. The van der Waals surface area contributed by atoms with Gasteiger partial charge in [-0.2, -0.15) is 5.11 Å². The van der Waals surface area contributed by atoms with Crippen molar-refractivity contribution in [3.63, 3.8) is 0 Å². The van der Waals surface area contributed by atoms with Crippen LogP contribution < -0.4 is 5.63 Å². The van der Waals surface area contributed by atoms with Crippen LogP contribution in [0.4, 0.5) is 11.4 Å². The van der Waals surface area contributed by atoms with Crippen molar-refractivity contribution in [2.75, 3.05) is 0 Å². The summed E-state index contributed by atoms with van der Waals surface area (Å²) in [5, 5.41) is 18.8. The average molecular weight is 322 g/mol. The van der Waals surface area contributed by atoms with Crippen LogP contribution in [-0.2, 0) is 0 Å². The van der Waals surface area contributed by atoms with E-state index in [2.05, 4.69) is 10.2 Å². The van der Waals surface area contributed by atoms with Gasteiger partial charge in [0.05, 0.1) is 5.69 Å². The lowest BCUT2D eigenvalue weighted by Gasteiger charge is -2.03. The van der Waals surface area contributed by atoms with Gasteiger partial charge >= 0.3 is 5.63 Å². The summed E-state index contributed by atoms with van der Waals surface area (Å²) in [6, 6.07) is 11.0. The second-order valence-corrected chi connectivity index (χ2v) is 5.39. The van der Waals surface area contributed by atoms with E-state index in [1.54, 1.807) is 37.3 Å². The number of rotatable bonds is 3. The number of benzene rings is 2. The standard InChI is InChI=1S/C18H14N2O4/c1-10-7-18(23)24-17-9-16(22)15(8-14(10)17)20-19-13-5-3-12(4-6-13)11(2)21/h3-9,22H,1-2H3. The number of phenols is 1. The molecule has 0 saturated heterocycles. The molecule has 0 aliphatic rings. The van der Waals surface area contributed by atoms with Gasteiger partial charge in [0.25, 0.3) is 0 Å². The van der Waals surface area contributed by atoms with Crippen LogP contribution in [0.1, 0.15) is 22.8 Å². The summed E-state index contributed by atoms with van der Waals surface area (Å²) in [6.45, 7) is 3.27. The molecule has 0 aliphatic heterocycles. The molecule has 0 bridgehead atoms. The minimum absolute atomic E-state index is 0.0253. The molecule has 6 heteroatoms. The SMILES string of the molecule is CC(=O)c1ccc(N=Nc2cc3c(C)cc(=O)oc3cc2O)cc1. The van der Waals surface area contributed by atoms with E-state index in [-0.39, 0.29) is 17.2 Å². The van der Waals surface area contributed by atoms with Gasteiger partial charge in [0.1, 0.15) is 17.0 Å². The minimum atomic E-state index is -0.473. The zero-order valence-corrected chi connectivity index (χ0v) is 13.1. The number of hydrogen-bond donors (Lipinski definition) is 1. The third kappa shape index (κ3) is 3.08. The fourth-order valence-corrected chi connectivity index (χ4v) is 2.30. The van der Waals surface area contributed by atoms with E-state index in [1.807, 2.05) is 0 Å². The number of fused-ring (bicyclic) bond motifs is 1. The maximum Gasteiger partial charge on any atom is 0.336 e. The zero-order valence-electron chi connectivity index (χ0n) is 13.1. The van der Waals surface area contributed by atoms with E-state index in [0.717, 1.165) is 5.56 Å². The van der Waals surface area contributed by atoms with Crippen molar-refractivity contribution < 1.29 is 14.3 Å². The van der Waals surface area contributed by atoms with Crippen molar-refractivity contribution >= 4 is 28.1 Å². The van der Waals surface area contributed by atoms with Gasteiger partial charge in [-0.15, -0.1) is 5.11 Å². The Morgan fingerprint density at radius 3 is 2.46 bits per heavy atom. The molecule has 0 fully saturated rings. The van der Waals surface area contributed by atoms with Crippen molar-refractivity contribution in [2.45, 2.75) is 13.8 Å². The highest BCUT2D eigenvalue weighted by atomic mass is 16.4. The molecule has 0 unspecified atom stereocenters. The quantitative estimate of drug-likeness (QED) is 0.439. The topological polar surface area (TPSA) is 92.2 Å². The first kappa shape index (κ1) is 15.6. The Hall–Kier alpha value is -3.28. The number of ketones is 1. The van der Waals surface area contributed by atoms with Gasteiger partial charge in [-0.25, -0.2) is 4.79 Å². The summed E-state index contributed by atoms with van der Waals surface area (Å²) in [7, 11) is 0. The van der Waals surface area contributed by atoms with E-state index < -0.39 is 5.63 Å². The highest BCUT2D eigenvalue weighted by Crippen LogP contribution is 2.33. The third-order valence-electron chi connectivity index (χ3n) is 3.59. The van der Waals surface area contributed by atoms with Gasteiger partial charge in [0.15, 0.2) is 5.78 Å². The van der Waals surface area contributed by atoms with E-state index in [0.29, 0.717) is 22.2 Å². The Bertz CT molecular complexity index is 1020. The summed E-state index contributed by atoms with van der Waals surface area (Å²) in [4.78, 5) is 22.6. The summed E-state index contributed by atoms with van der Waals surface area (Å²) in [5.74, 6) is -0.164. The molecule has 0 radical (unpaired) electrons. The molecular weight excluding hydrogens is 308 g/mol. The number of aryl methyl sites for hydroxylation is 1. The summed E-state index contributed by atoms with van der Waals surface area (Å²) in [6.07, 6.45) is 0. The second kappa shape index (κ2) is 6.08. The molecule has 120 valence electrons. The average Bonchev–Trinajstić information content (AvgIpc) is 2.53. The van der Waals surface area contributed by atoms with Crippen molar-refractivity contribution in [2.24, 2.45) is 10.2 Å². The van der Waals surface area contributed by atoms with Gasteiger partial charge < -0.3 is 9.52 Å². The first-order valence-corrected chi connectivity index (χ1v) is 7.24. The monoisotopic (exact) mass is 322 g/mol. The van der Waals surface area contributed by atoms with Gasteiger partial charge in [-0.05, 0) is 49.7 Å². The maximum atomic E-state index is 11.4. The van der Waals surface area contributed by atoms with Crippen LogP contribution in [0, 0.1) is 6.92 Å². The molecule has 1 heterocycles. The lowest BCUT2D eigenvalue weighted by molar-refractivity contribution is 0.101. The fraction of sp³-hybridized carbons (Fsp3) is 0.111. The Morgan fingerprint density at radius 1 is 1.08 bits per heavy atom. The van der Waals surface area contributed by atoms with Gasteiger partial charge in [-0.1, -0.05) is 0 Å². The molecule has 0 spiro atoms. The van der Waals surface area contributed by atoms with E-state index in [4.69, 9.17) is 4.42 Å². The molecule has 0 aliphatic carbocycles. The third-order valence-corrected chi connectivity index (χ3v) is 3.59. The number of phenolic OH excluding ortho intramolecular Hbond substituents is 1. The predicted molar refractivity (Wildman–Crippen MR) is 89.5 cm³/mol. The summed E-state index contributed by atoms with van der Waals surface area (Å²) >= 11 is 0. The van der Waals surface area contributed by atoms with Crippen LogP contribution >= 0.6 is 0 Å². The number of carbonyl (C=O) groups excluding carboxylic acids is 1. The number of Topliss-reactive ketones (excluding diaryl/α,β-unsaturated/α-hetero) is 1. The van der Waals surface area contributed by atoms with Crippen LogP contribution in [0.3, 0.4) is 0 Å². The first-order valence-electron chi connectivity index (χ1n) is 7.24. The molecule has 0 atom stereocenters. The van der Waals surface area contributed by atoms with Crippen molar-refractivity contribution in [3.8, 4) is 5.75 Å². The first-order chi connectivity index (χ1) is 11.4. The molecule has 24 heavy (non-hydrogen) atoms. The number of nitrogens with zero attached hydrogens (tertiary/aromatic N) is 2. The fourth-order valence-electron chi connectivity index (χ4n) is 2.30. The smallest absolute Gasteiger partial charge is 0.336 e. The van der Waals surface area contributed by atoms with Gasteiger partial charge in [0, 0.05) is 23.1 Å². The molecule has 6 nitrogen and oxygen atoms in total. The van der Waals surface area contributed by atoms with E-state index in [1.165, 1.54) is 19.1 Å². The molecule has 0 saturated carbocycles. The molecule has 3 rings (SSSR count). The summed E-state index contributed by atoms with van der Waals surface area (Å²) < 4.78 is 5.06. The number of azo groups is 1. The Balaban J connectivity index is 1.98. The maximum absolute atomic E-state index is 11.4. The van der Waals surface area contributed by atoms with Crippen LogP contribution in [-0.4, -0.2) is 10.9 Å². The molecular formula is C18H14N2O4. The molecule has 0 amide bonds. The van der Waals surface area contributed by atoms with E-state index in [9.17, 15) is 14.7 Å². The Labute approximate surface area is 137 Å². The Kier molecular flexibility index (Phi) is 3.95.